The summed E-state index contributed by atoms with van der Waals surface area (Å²) < 4.78 is 0. The van der Waals surface area contributed by atoms with E-state index in [9.17, 15) is 0 Å². The molecule has 0 amide bonds. The molecule has 0 bridgehead atoms. The summed E-state index contributed by atoms with van der Waals surface area (Å²) in [6.45, 7) is 2.35. The fourth-order valence-corrected chi connectivity index (χ4v) is 10.6. The van der Waals surface area contributed by atoms with Crippen LogP contribution < -0.4 is 19.6 Å². The summed E-state index contributed by atoms with van der Waals surface area (Å²) >= 11 is 0. The standard InChI is InChI=1S/C67H54N4/c1-67(71(63-27-9-4-10-28-63)66-34-31-52-19-13-16-22-55(52)49-66)45-43-62(44-46-67)68(58-35-39-60(40-36-58)69(56-23-5-2-6-24-56)64-32-29-50-17-11-14-20-53(50)47-64)59-37-41-61(42-38-59)70(57-25-7-3-8-26-57)65-33-30-51-18-12-15-21-54(51)48-65/h2-29,31-45,47-49,51H,30,46H2,1H3. The van der Waals surface area contributed by atoms with E-state index < -0.39 is 0 Å². The van der Waals surface area contributed by atoms with Gasteiger partial charge in [-0.3, -0.25) is 0 Å². The van der Waals surface area contributed by atoms with Crippen LogP contribution in [0.1, 0.15) is 19.8 Å². The second-order valence-electron chi connectivity index (χ2n) is 18.8. The zero-order chi connectivity index (χ0) is 47.6. The average Bonchev–Trinajstić information content (AvgIpc) is 3.43. The second kappa shape index (κ2) is 18.9. The first kappa shape index (κ1) is 43.4. The minimum absolute atomic E-state index is 0.358. The predicted octanol–water partition coefficient (Wildman–Crippen LogP) is 18.1. The number of anilines is 9. The number of hydrogen-bond acceptors (Lipinski definition) is 4. The molecule has 0 heterocycles. The molecule has 0 fully saturated rings. The van der Waals surface area contributed by atoms with Crippen LogP contribution in [0.2, 0.25) is 0 Å². The van der Waals surface area contributed by atoms with Crippen molar-refractivity contribution in [1.82, 2.24) is 0 Å². The highest BCUT2D eigenvalue weighted by molar-refractivity contribution is 5.90. The Bertz CT molecular complexity index is 3550. The Labute approximate surface area is 417 Å². The van der Waals surface area contributed by atoms with Crippen molar-refractivity contribution in [3.8, 4) is 0 Å². The van der Waals surface area contributed by atoms with E-state index in [2.05, 4.69) is 306 Å². The van der Waals surface area contributed by atoms with Gasteiger partial charge in [0.15, 0.2) is 0 Å². The molecule has 0 saturated carbocycles. The monoisotopic (exact) mass is 914 g/mol. The summed E-state index contributed by atoms with van der Waals surface area (Å²) in [6.07, 6.45) is 22.5. The summed E-state index contributed by atoms with van der Waals surface area (Å²) in [5.41, 5.74) is 13.3. The molecule has 3 aliphatic rings. The van der Waals surface area contributed by atoms with Crippen LogP contribution in [0.15, 0.2) is 296 Å². The highest BCUT2D eigenvalue weighted by atomic mass is 15.2. The molecule has 9 aromatic carbocycles. The zero-order valence-corrected chi connectivity index (χ0v) is 39.8. The first-order valence-electron chi connectivity index (χ1n) is 24.7. The van der Waals surface area contributed by atoms with Crippen LogP contribution >= 0.6 is 0 Å². The lowest BCUT2D eigenvalue weighted by Crippen LogP contribution is -2.43. The van der Waals surface area contributed by atoms with Crippen molar-refractivity contribution in [2.24, 2.45) is 5.92 Å². The van der Waals surface area contributed by atoms with Crippen molar-refractivity contribution in [2.45, 2.75) is 25.3 Å². The van der Waals surface area contributed by atoms with Crippen LogP contribution in [0, 0.1) is 5.92 Å². The normalized spacial score (nSPS) is 17.0. The van der Waals surface area contributed by atoms with Gasteiger partial charge in [-0.2, -0.15) is 0 Å². The van der Waals surface area contributed by atoms with E-state index in [0.29, 0.717) is 5.92 Å². The molecule has 12 rings (SSSR count). The molecule has 9 aromatic rings. The molecule has 4 heteroatoms. The quantitative estimate of drug-likeness (QED) is 0.121. The van der Waals surface area contributed by atoms with Gasteiger partial charge in [-0.15, -0.1) is 0 Å². The Kier molecular flexibility index (Phi) is 11.6. The van der Waals surface area contributed by atoms with Crippen molar-refractivity contribution in [2.75, 3.05) is 19.6 Å². The van der Waals surface area contributed by atoms with E-state index in [-0.39, 0.29) is 5.54 Å². The van der Waals surface area contributed by atoms with Gasteiger partial charge in [0.2, 0.25) is 0 Å². The number of fused-ring (bicyclic) bond motifs is 3. The van der Waals surface area contributed by atoms with Crippen molar-refractivity contribution in [1.29, 1.82) is 0 Å². The molecule has 2 unspecified atom stereocenters. The lowest BCUT2D eigenvalue weighted by Gasteiger charge is -2.43. The van der Waals surface area contributed by atoms with Gasteiger partial charge in [0.25, 0.3) is 0 Å². The fourth-order valence-electron chi connectivity index (χ4n) is 10.6. The van der Waals surface area contributed by atoms with Gasteiger partial charge in [0.1, 0.15) is 0 Å². The largest absolute Gasteiger partial charge is 0.332 e. The SMILES string of the molecule is CC1(N(c2ccccc2)c2ccc3ccccc3c2)C=CC(N(c2ccc(N(C3=CCC4C=CC=CC4=C3)c3ccccc3)cc2)c2ccc(N(c3ccccc3)c3ccc4ccccc4c3)cc2)=CC1. The lowest BCUT2D eigenvalue weighted by molar-refractivity contribution is 0.567. The highest BCUT2D eigenvalue weighted by Crippen LogP contribution is 2.44. The molecule has 4 nitrogen and oxygen atoms in total. The van der Waals surface area contributed by atoms with Gasteiger partial charge >= 0.3 is 0 Å². The minimum atomic E-state index is -0.358. The average molecular weight is 915 g/mol. The van der Waals surface area contributed by atoms with Crippen molar-refractivity contribution in [3.05, 3.63) is 296 Å². The Morgan fingerprint density at radius 1 is 0.380 bits per heavy atom. The molecule has 342 valence electrons. The van der Waals surface area contributed by atoms with Crippen LogP contribution in [0.4, 0.5) is 51.2 Å². The van der Waals surface area contributed by atoms with Crippen molar-refractivity contribution >= 4 is 72.7 Å². The number of hydrogen-bond donors (Lipinski definition) is 0. The summed E-state index contributed by atoms with van der Waals surface area (Å²) in [7, 11) is 0. The van der Waals surface area contributed by atoms with E-state index in [0.717, 1.165) is 69.7 Å². The second-order valence-corrected chi connectivity index (χ2v) is 18.8. The van der Waals surface area contributed by atoms with E-state index >= 15 is 0 Å². The maximum atomic E-state index is 2.50. The maximum absolute atomic E-state index is 2.50. The van der Waals surface area contributed by atoms with Crippen molar-refractivity contribution < 1.29 is 0 Å². The molecule has 0 N–H and O–H groups in total. The third kappa shape index (κ3) is 8.66. The van der Waals surface area contributed by atoms with E-state index in [1.165, 1.54) is 32.8 Å². The number of nitrogens with zero attached hydrogens (tertiary/aromatic N) is 4. The Morgan fingerprint density at radius 2 is 0.831 bits per heavy atom. The molecule has 0 spiro atoms. The molecular weight excluding hydrogens is 861 g/mol. The smallest absolute Gasteiger partial charge is 0.0644 e. The first-order valence-corrected chi connectivity index (χ1v) is 24.7. The van der Waals surface area contributed by atoms with Gasteiger partial charge in [0, 0.05) is 68.5 Å². The van der Waals surface area contributed by atoms with Crippen LogP contribution in [0.25, 0.3) is 21.5 Å². The third-order valence-electron chi connectivity index (χ3n) is 14.2. The molecule has 3 aliphatic carbocycles. The minimum Gasteiger partial charge on any atom is -0.332 e. The predicted molar refractivity (Wildman–Crippen MR) is 301 cm³/mol. The van der Waals surface area contributed by atoms with E-state index in [4.69, 9.17) is 0 Å². The zero-order valence-electron chi connectivity index (χ0n) is 39.8. The van der Waals surface area contributed by atoms with E-state index in [1.54, 1.807) is 0 Å². The molecule has 0 radical (unpaired) electrons. The Balaban J connectivity index is 0.939. The Morgan fingerprint density at radius 3 is 1.39 bits per heavy atom. The summed E-state index contributed by atoms with van der Waals surface area (Å²) in [6, 6.07) is 81.1. The number of rotatable bonds is 12. The third-order valence-corrected chi connectivity index (χ3v) is 14.2. The number of allylic oxidation sites excluding steroid dienone is 8. The first-order chi connectivity index (χ1) is 35.0. The van der Waals surface area contributed by atoms with Gasteiger partial charge in [-0.05, 0) is 168 Å². The highest BCUT2D eigenvalue weighted by Gasteiger charge is 2.33. The van der Waals surface area contributed by atoms with Crippen LogP contribution in [0.3, 0.4) is 0 Å². The van der Waals surface area contributed by atoms with Crippen LogP contribution in [-0.2, 0) is 0 Å². The summed E-state index contributed by atoms with van der Waals surface area (Å²) in [5.74, 6) is 0.419. The van der Waals surface area contributed by atoms with Gasteiger partial charge in [-0.1, -0.05) is 158 Å². The number of para-hydroxylation sites is 3. The molecule has 0 aromatic heterocycles. The van der Waals surface area contributed by atoms with Crippen LogP contribution in [-0.4, -0.2) is 5.54 Å². The molecule has 0 aliphatic heterocycles. The Hall–Kier alpha value is -8.86. The van der Waals surface area contributed by atoms with Gasteiger partial charge in [-0.25, -0.2) is 0 Å². The van der Waals surface area contributed by atoms with Crippen molar-refractivity contribution in [3.63, 3.8) is 0 Å². The number of benzene rings is 9. The summed E-state index contributed by atoms with van der Waals surface area (Å²) in [4.78, 5) is 9.64. The fraction of sp³-hybridized carbons (Fsp3) is 0.0746. The van der Waals surface area contributed by atoms with Crippen LogP contribution in [0.5, 0.6) is 0 Å². The lowest BCUT2D eigenvalue weighted by atomic mass is 9.87. The molecular formula is C67H54N4. The van der Waals surface area contributed by atoms with E-state index in [1.807, 2.05) is 0 Å². The molecule has 2 atom stereocenters. The molecule has 0 saturated heterocycles. The topological polar surface area (TPSA) is 13.0 Å². The summed E-state index contributed by atoms with van der Waals surface area (Å²) in [5, 5.41) is 4.90. The maximum Gasteiger partial charge on any atom is 0.0644 e. The van der Waals surface area contributed by atoms with Gasteiger partial charge in [0.05, 0.1) is 5.54 Å². The van der Waals surface area contributed by atoms with Gasteiger partial charge < -0.3 is 19.6 Å². The molecule has 71 heavy (non-hydrogen) atoms.